The molecule has 2 aromatic carbocycles. The summed E-state index contributed by atoms with van der Waals surface area (Å²) in [5, 5.41) is 4.61. The molecule has 2 N–H and O–H groups in total. The van der Waals surface area contributed by atoms with Crippen LogP contribution in [-0.4, -0.2) is 17.6 Å². The largest absolute Gasteiger partial charge is 0.417 e. The number of hydrogen-bond acceptors (Lipinski definition) is 1. The Morgan fingerprint density at radius 3 is 2.74 bits per heavy atom. The van der Waals surface area contributed by atoms with E-state index >= 15 is 0 Å². The fourth-order valence-corrected chi connectivity index (χ4v) is 5.38. The van der Waals surface area contributed by atoms with Gasteiger partial charge in [0.05, 0.1) is 10.6 Å². The predicted octanol–water partition coefficient (Wildman–Crippen LogP) is 6.78. The van der Waals surface area contributed by atoms with Crippen LogP contribution in [0.2, 0.25) is 5.02 Å². The zero-order valence-corrected chi connectivity index (χ0v) is 17.8. The van der Waals surface area contributed by atoms with Gasteiger partial charge >= 0.3 is 6.18 Å². The number of H-pyrrole nitrogens is 1. The van der Waals surface area contributed by atoms with Gasteiger partial charge in [0.1, 0.15) is 0 Å². The van der Waals surface area contributed by atoms with Gasteiger partial charge in [-0.25, -0.2) is 0 Å². The lowest BCUT2D eigenvalue weighted by Crippen LogP contribution is -2.35. The fourth-order valence-electron chi connectivity index (χ4n) is 5.16. The molecule has 0 saturated carbocycles. The smallest absolute Gasteiger partial charge is 0.358 e. The van der Waals surface area contributed by atoms with E-state index in [9.17, 15) is 13.2 Å². The van der Waals surface area contributed by atoms with E-state index < -0.39 is 11.7 Å². The first-order chi connectivity index (χ1) is 14.9. The summed E-state index contributed by atoms with van der Waals surface area (Å²) in [6, 6.07) is 13.0. The van der Waals surface area contributed by atoms with Gasteiger partial charge in [-0.15, -0.1) is 0 Å². The molecule has 1 aromatic heterocycles. The molecule has 0 bridgehead atoms. The first-order valence-corrected chi connectivity index (χ1v) is 11.1. The summed E-state index contributed by atoms with van der Waals surface area (Å²) in [7, 11) is 0. The summed E-state index contributed by atoms with van der Waals surface area (Å²) in [6.07, 6.45) is 2.55. The van der Waals surface area contributed by atoms with Crippen molar-refractivity contribution < 1.29 is 13.2 Å². The molecule has 6 heteroatoms. The second-order valence-corrected chi connectivity index (χ2v) is 9.11. The fraction of sp³-hybridized carbons (Fsp3) is 0.360. The third-order valence-electron chi connectivity index (χ3n) is 6.68. The Morgan fingerprint density at radius 2 is 1.90 bits per heavy atom. The molecular formula is C25H24ClF3N2. The molecule has 5 rings (SSSR count). The van der Waals surface area contributed by atoms with E-state index in [1.807, 2.05) is 6.08 Å². The van der Waals surface area contributed by atoms with Gasteiger partial charge in [0.2, 0.25) is 0 Å². The van der Waals surface area contributed by atoms with Crippen molar-refractivity contribution in [3.63, 3.8) is 0 Å². The van der Waals surface area contributed by atoms with Gasteiger partial charge in [0.25, 0.3) is 0 Å². The highest BCUT2D eigenvalue weighted by atomic mass is 35.5. The van der Waals surface area contributed by atoms with Gasteiger partial charge < -0.3 is 10.3 Å². The number of rotatable bonds is 3. The van der Waals surface area contributed by atoms with Gasteiger partial charge in [-0.1, -0.05) is 41.9 Å². The summed E-state index contributed by atoms with van der Waals surface area (Å²) >= 11 is 5.80. The van der Waals surface area contributed by atoms with E-state index in [0.717, 1.165) is 37.7 Å². The van der Waals surface area contributed by atoms with Crippen molar-refractivity contribution >= 4 is 28.1 Å². The molecule has 162 valence electrons. The molecular weight excluding hydrogens is 421 g/mol. The first-order valence-electron chi connectivity index (χ1n) is 10.8. The zero-order valence-electron chi connectivity index (χ0n) is 17.0. The Morgan fingerprint density at radius 1 is 1.06 bits per heavy atom. The Kier molecular flexibility index (Phi) is 5.35. The van der Waals surface area contributed by atoms with Gasteiger partial charge in [-0.05, 0) is 72.9 Å². The van der Waals surface area contributed by atoms with E-state index in [1.165, 1.54) is 34.3 Å². The van der Waals surface area contributed by atoms with Gasteiger partial charge in [0.15, 0.2) is 0 Å². The Balaban J connectivity index is 1.30. The van der Waals surface area contributed by atoms with Crippen molar-refractivity contribution in [2.24, 2.45) is 5.92 Å². The second kappa shape index (κ2) is 8.03. The summed E-state index contributed by atoms with van der Waals surface area (Å²) in [5.41, 5.74) is 4.82. The van der Waals surface area contributed by atoms with E-state index in [4.69, 9.17) is 11.6 Å². The summed E-state index contributed by atoms with van der Waals surface area (Å²) < 4.78 is 39.8. The SMILES string of the molecule is FC(F)(F)c1cc(C2=CCNC(CC3CCc4[nH]c5ccccc5c4C3)C2)ccc1Cl. The maximum Gasteiger partial charge on any atom is 0.417 e. The molecule has 1 aliphatic heterocycles. The molecule has 2 unspecified atom stereocenters. The van der Waals surface area contributed by atoms with E-state index in [1.54, 1.807) is 6.07 Å². The number of para-hydroxylation sites is 1. The molecule has 2 heterocycles. The number of fused-ring (bicyclic) bond motifs is 3. The molecule has 0 saturated heterocycles. The lowest BCUT2D eigenvalue weighted by atomic mass is 9.80. The van der Waals surface area contributed by atoms with Crippen molar-refractivity contribution in [1.82, 2.24) is 10.3 Å². The number of benzene rings is 2. The van der Waals surface area contributed by atoms with Crippen LogP contribution in [0.1, 0.15) is 41.6 Å². The van der Waals surface area contributed by atoms with Crippen molar-refractivity contribution in [3.05, 3.63) is 75.9 Å². The molecule has 1 aliphatic carbocycles. The molecule has 31 heavy (non-hydrogen) atoms. The standard InChI is InChI=1S/C25H24ClF3N2/c26-22-7-6-16(14-21(22)25(27,28)29)17-9-10-30-18(13-17)11-15-5-8-24-20(12-15)19-3-1-2-4-23(19)31-24/h1-4,6-7,9,14-15,18,30-31H,5,8,10-13H2. The zero-order chi connectivity index (χ0) is 21.6. The molecule has 2 atom stereocenters. The Hall–Kier alpha value is -2.24. The van der Waals surface area contributed by atoms with Crippen LogP contribution in [0.4, 0.5) is 13.2 Å². The van der Waals surface area contributed by atoms with Crippen LogP contribution >= 0.6 is 11.6 Å². The lowest BCUT2D eigenvalue weighted by molar-refractivity contribution is -0.137. The maximum atomic E-state index is 13.3. The predicted molar refractivity (Wildman–Crippen MR) is 119 cm³/mol. The van der Waals surface area contributed by atoms with Crippen LogP contribution in [-0.2, 0) is 19.0 Å². The highest BCUT2D eigenvalue weighted by Crippen LogP contribution is 2.38. The quantitative estimate of drug-likeness (QED) is 0.457. The van der Waals surface area contributed by atoms with E-state index in [2.05, 4.69) is 34.6 Å². The minimum Gasteiger partial charge on any atom is -0.358 e. The van der Waals surface area contributed by atoms with Crippen molar-refractivity contribution in [3.8, 4) is 0 Å². The number of aromatic amines is 1. The summed E-state index contributed by atoms with van der Waals surface area (Å²) in [4.78, 5) is 3.56. The highest BCUT2D eigenvalue weighted by Gasteiger charge is 2.34. The first kappa shape index (κ1) is 20.7. The number of aromatic nitrogens is 1. The van der Waals surface area contributed by atoms with Crippen LogP contribution < -0.4 is 5.32 Å². The van der Waals surface area contributed by atoms with Gasteiger partial charge in [0, 0.05) is 29.2 Å². The van der Waals surface area contributed by atoms with Crippen LogP contribution in [0.5, 0.6) is 0 Å². The van der Waals surface area contributed by atoms with E-state index in [0.29, 0.717) is 18.0 Å². The van der Waals surface area contributed by atoms with Crippen LogP contribution in [0.15, 0.2) is 48.5 Å². The Bertz CT molecular complexity index is 1150. The van der Waals surface area contributed by atoms with Crippen molar-refractivity contribution in [2.45, 2.75) is 44.3 Å². The Labute approximate surface area is 184 Å². The average molecular weight is 445 g/mol. The molecule has 0 amide bonds. The highest BCUT2D eigenvalue weighted by molar-refractivity contribution is 6.31. The molecule has 3 aromatic rings. The van der Waals surface area contributed by atoms with E-state index in [-0.39, 0.29) is 11.1 Å². The third kappa shape index (κ3) is 4.13. The van der Waals surface area contributed by atoms with Crippen molar-refractivity contribution in [1.29, 1.82) is 0 Å². The topological polar surface area (TPSA) is 27.8 Å². The molecule has 0 radical (unpaired) electrons. The van der Waals surface area contributed by atoms with Crippen LogP contribution in [0.3, 0.4) is 0 Å². The minimum atomic E-state index is -4.45. The summed E-state index contributed by atoms with van der Waals surface area (Å²) in [5.74, 6) is 0.569. The maximum absolute atomic E-state index is 13.3. The third-order valence-corrected chi connectivity index (χ3v) is 7.01. The summed E-state index contributed by atoms with van der Waals surface area (Å²) in [6.45, 7) is 0.676. The molecule has 0 fully saturated rings. The number of aryl methyl sites for hydroxylation is 1. The van der Waals surface area contributed by atoms with Crippen LogP contribution in [0, 0.1) is 5.92 Å². The molecule has 2 aliphatic rings. The number of nitrogens with one attached hydrogen (secondary N) is 2. The second-order valence-electron chi connectivity index (χ2n) is 8.70. The average Bonchev–Trinajstić information content (AvgIpc) is 3.11. The number of hydrogen-bond donors (Lipinski definition) is 2. The van der Waals surface area contributed by atoms with Gasteiger partial charge in [-0.3, -0.25) is 0 Å². The van der Waals surface area contributed by atoms with Crippen molar-refractivity contribution in [2.75, 3.05) is 6.54 Å². The number of halogens is 4. The number of alkyl halides is 3. The molecule has 0 spiro atoms. The monoisotopic (exact) mass is 444 g/mol. The lowest BCUT2D eigenvalue weighted by Gasteiger charge is -2.30. The molecule has 2 nitrogen and oxygen atoms in total. The normalized spacial score (nSPS) is 21.7. The minimum absolute atomic E-state index is 0.251. The van der Waals surface area contributed by atoms with Gasteiger partial charge in [-0.2, -0.15) is 13.2 Å². The van der Waals surface area contributed by atoms with Crippen LogP contribution in [0.25, 0.3) is 16.5 Å².